The quantitative estimate of drug-likeness (QED) is 0.627. The van der Waals surface area contributed by atoms with Crippen molar-refractivity contribution in [2.45, 2.75) is 12.8 Å². The Bertz CT molecular complexity index is 662. The third-order valence-corrected chi connectivity index (χ3v) is 4.43. The van der Waals surface area contributed by atoms with E-state index < -0.39 is 0 Å². The van der Waals surface area contributed by atoms with Crippen LogP contribution < -0.4 is 10.3 Å². The van der Waals surface area contributed by atoms with Crippen molar-refractivity contribution < 1.29 is 0 Å². The van der Waals surface area contributed by atoms with Gasteiger partial charge >= 0.3 is 0 Å². The standard InChI is InChI=1S/C17H17Cl2N3/c18-16-8-5-14(11-17(16)19)21-20-12-13-3-6-15(7-4-13)22-9-1-2-10-22/h3-8,11-12,21H,1-2,9-10H2. The zero-order valence-corrected chi connectivity index (χ0v) is 13.6. The second kappa shape index (κ2) is 7.03. The van der Waals surface area contributed by atoms with Crippen molar-refractivity contribution in [1.82, 2.24) is 0 Å². The van der Waals surface area contributed by atoms with Crippen molar-refractivity contribution >= 4 is 40.8 Å². The van der Waals surface area contributed by atoms with Crippen molar-refractivity contribution in [1.29, 1.82) is 0 Å². The van der Waals surface area contributed by atoms with E-state index in [4.69, 9.17) is 23.2 Å². The van der Waals surface area contributed by atoms with E-state index in [1.54, 1.807) is 18.3 Å². The molecule has 2 aromatic rings. The van der Waals surface area contributed by atoms with E-state index in [0.717, 1.165) is 24.3 Å². The third kappa shape index (κ3) is 3.73. The predicted octanol–water partition coefficient (Wildman–Crippen LogP) is 5.04. The Morgan fingerprint density at radius 3 is 2.36 bits per heavy atom. The summed E-state index contributed by atoms with van der Waals surface area (Å²) in [5.74, 6) is 0. The molecule has 0 radical (unpaired) electrons. The summed E-state index contributed by atoms with van der Waals surface area (Å²) in [6.07, 6.45) is 4.36. The molecule has 0 unspecified atom stereocenters. The van der Waals surface area contributed by atoms with Gasteiger partial charge in [0.1, 0.15) is 0 Å². The molecule has 22 heavy (non-hydrogen) atoms. The molecule has 0 amide bonds. The Morgan fingerprint density at radius 1 is 0.955 bits per heavy atom. The normalized spacial score (nSPS) is 14.7. The number of hydrazone groups is 1. The van der Waals surface area contributed by atoms with Crippen LogP contribution in [0, 0.1) is 0 Å². The average molecular weight is 334 g/mol. The number of hydrogen-bond donors (Lipinski definition) is 1. The molecule has 0 atom stereocenters. The van der Waals surface area contributed by atoms with E-state index in [9.17, 15) is 0 Å². The number of nitrogens with one attached hydrogen (secondary N) is 1. The molecule has 3 rings (SSSR count). The Labute approximate surface area is 140 Å². The molecule has 0 bridgehead atoms. The fourth-order valence-electron chi connectivity index (χ4n) is 2.49. The molecule has 3 nitrogen and oxygen atoms in total. The number of benzene rings is 2. The second-order valence-corrected chi connectivity index (χ2v) is 6.10. The summed E-state index contributed by atoms with van der Waals surface area (Å²) in [5, 5.41) is 5.27. The SMILES string of the molecule is Clc1ccc(NN=Cc2ccc(N3CCCC3)cc2)cc1Cl. The molecule has 1 heterocycles. The van der Waals surface area contributed by atoms with Crippen LogP contribution in [0.25, 0.3) is 0 Å². The van der Waals surface area contributed by atoms with Crippen LogP contribution >= 0.6 is 23.2 Å². The minimum absolute atomic E-state index is 0.511. The summed E-state index contributed by atoms with van der Waals surface area (Å²) in [6.45, 7) is 2.32. The van der Waals surface area contributed by atoms with Gasteiger partial charge in [0.05, 0.1) is 21.9 Å². The van der Waals surface area contributed by atoms with Gasteiger partial charge in [-0.25, -0.2) is 0 Å². The lowest BCUT2D eigenvalue weighted by molar-refractivity contribution is 0.949. The minimum atomic E-state index is 0.511. The van der Waals surface area contributed by atoms with Crippen LogP contribution in [0.3, 0.4) is 0 Å². The third-order valence-electron chi connectivity index (χ3n) is 3.69. The number of nitrogens with zero attached hydrogens (tertiary/aromatic N) is 2. The number of halogens is 2. The van der Waals surface area contributed by atoms with Crippen LogP contribution in [0.5, 0.6) is 0 Å². The van der Waals surface area contributed by atoms with Crippen LogP contribution in [0.2, 0.25) is 10.0 Å². The minimum Gasteiger partial charge on any atom is -0.372 e. The van der Waals surface area contributed by atoms with Crippen LogP contribution in [-0.4, -0.2) is 19.3 Å². The molecular formula is C17H17Cl2N3. The lowest BCUT2D eigenvalue weighted by Gasteiger charge is -2.17. The summed E-state index contributed by atoms with van der Waals surface area (Å²) < 4.78 is 0. The smallest absolute Gasteiger partial charge is 0.0613 e. The lowest BCUT2D eigenvalue weighted by atomic mass is 10.2. The predicted molar refractivity (Wildman–Crippen MR) is 95.6 cm³/mol. The van der Waals surface area contributed by atoms with Gasteiger partial charge in [-0.1, -0.05) is 35.3 Å². The fourth-order valence-corrected chi connectivity index (χ4v) is 2.79. The highest BCUT2D eigenvalue weighted by Crippen LogP contribution is 2.25. The molecule has 1 saturated heterocycles. The van der Waals surface area contributed by atoms with Gasteiger partial charge in [-0.3, -0.25) is 5.43 Å². The maximum atomic E-state index is 5.96. The second-order valence-electron chi connectivity index (χ2n) is 5.28. The number of anilines is 2. The largest absolute Gasteiger partial charge is 0.372 e. The van der Waals surface area contributed by atoms with Crippen molar-refractivity contribution in [3.05, 3.63) is 58.1 Å². The molecule has 1 N–H and O–H groups in total. The molecule has 1 aliphatic heterocycles. The van der Waals surface area contributed by atoms with Gasteiger partial charge in [-0.2, -0.15) is 5.10 Å². The van der Waals surface area contributed by atoms with Gasteiger partial charge in [0.2, 0.25) is 0 Å². The lowest BCUT2D eigenvalue weighted by Crippen LogP contribution is -2.17. The van der Waals surface area contributed by atoms with E-state index >= 15 is 0 Å². The highest BCUT2D eigenvalue weighted by atomic mass is 35.5. The highest BCUT2D eigenvalue weighted by Gasteiger charge is 2.11. The van der Waals surface area contributed by atoms with Gasteiger partial charge in [-0.05, 0) is 48.7 Å². The van der Waals surface area contributed by atoms with Gasteiger partial charge in [-0.15, -0.1) is 0 Å². The first-order valence-electron chi connectivity index (χ1n) is 7.31. The van der Waals surface area contributed by atoms with Crippen LogP contribution in [0.15, 0.2) is 47.6 Å². The van der Waals surface area contributed by atoms with Crippen molar-refractivity contribution in [2.75, 3.05) is 23.4 Å². The molecular weight excluding hydrogens is 317 g/mol. The first-order chi connectivity index (χ1) is 10.7. The molecule has 0 spiro atoms. The van der Waals surface area contributed by atoms with Gasteiger partial charge < -0.3 is 4.90 Å². The Morgan fingerprint density at radius 2 is 1.68 bits per heavy atom. The molecule has 5 heteroatoms. The van der Waals surface area contributed by atoms with E-state index in [0.29, 0.717) is 10.0 Å². The zero-order chi connectivity index (χ0) is 15.4. The first-order valence-corrected chi connectivity index (χ1v) is 8.07. The Hall–Kier alpha value is -1.71. The van der Waals surface area contributed by atoms with E-state index in [2.05, 4.69) is 39.7 Å². The van der Waals surface area contributed by atoms with E-state index in [1.807, 2.05) is 6.07 Å². The average Bonchev–Trinajstić information content (AvgIpc) is 3.06. The number of hydrogen-bond acceptors (Lipinski definition) is 3. The highest BCUT2D eigenvalue weighted by molar-refractivity contribution is 6.42. The summed E-state index contributed by atoms with van der Waals surface area (Å²) in [7, 11) is 0. The summed E-state index contributed by atoms with van der Waals surface area (Å²) in [4.78, 5) is 2.41. The number of rotatable bonds is 4. The molecule has 0 aliphatic carbocycles. The molecule has 0 aromatic heterocycles. The van der Waals surface area contributed by atoms with Gasteiger partial charge in [0.15, 0.2) is 0 Å². The van der Waals surface area contributed by atoms with Crippen molar-refractivity contribution in [2.24, 2.45) is 5.10 Å². The Balaban J connectivity index is 1.61. The molecule has 1 aliphatic rings. The molecule has 2 aromatic carbocycles. The summed E-state index contributed by atoms with van der Waals surface area (Å²) >= 11 is 11.8. The van der Waals surface area contributed by atoms with Gasteiger partial charge in [0, 0.05) is 18.8 Å². The van der Waals surface area contributed by atoms with Crippen LogP contribution in [0.4, 0.5) is 11.4 Å². The zero-order valence-electron chi connectivity index (χ0n) is 12.1. The molecule has 1 fully saturated rings. The topological polar surface area (TPSA) is 27.6 Å². The monoisotopic (exact) mass is 333 g/mol. The molecule has 0 saturated carbocycles. The van der Waals surface area contributed by atoms with E-state index in [-0.39, 0.29) is 0 Å². The van der Waals surface area contributed by atoms with Crippen LogP contribution in [-0.2, 0) is 0 Å². The first kappa shape index (κ1) is 15.2. The van der Waals surface area contributed by atoms with E-state index in [1.165, 1.54) is 18.5 Å². The van der Waals surface area contributed by atoms with Gasteiger partial charge in [0.25, 0.3) is 0 Å². The summed E-state index contributed by atoms with van der Waals surface area (Å²) in [6, 6.07) is 13.8. The Kier molecular flexibility index (Phi) is 4.86. The van der Waals surface area contributed by atoms with Crippen LogP contribution in [0.1, 0.15) is 18.4 Å². The fraction of sp³-hybridized carbons (Fsp3) is 0.235. The van der Waals surface area contributed by atoms with Crippen molar-refractivity contribution in [3.8, 4) is 0 Å². The molecule has 114 valence electrons. The maximum absolute atomic E-state index is 5.96. The summed E-state index contributed by atoms with van der Waals surface area (Å²) in [5.41, 5.74) is 6.09. The van der Waals surface area contributed by atoms with Crippen molar-refractivity contribution in [3.63, 3.8) is 0 Å². The maximum Gasteiger partial charge on any atom is 0.0613 e.